The van der Waals surface area contributed by atoms with E-state index in [1.165, 1.54) is 11.7 Å². The van der Waals surface area contributed by atoms with Crippen LogP contribution in [0, 0.1) is 3.57 Å². The molecule has 0 saturated carbocycles. The quantitative estimate of drug-likeness (QED) is 0.612. The highest BCUT2D eigenvalue weighted by Crippen LogP contribution is 2.28. The molecule has 0 radical (unpaired) electrons. The second kappa shape index (κ2) is 5.17. The van der Waals surface area contributed by atoms with Crippen molar-refractivity contribution in [3.63, 3.8) is 0 Å². The van der Waals surface area contributed by atoms with Gasteiger partial charge in [0, 0.05) is 11.9 Å². The van der Waals surface area contributed by atoms with Crippen LogP contribution in [0.2, 0.25) is 0 Å². The Morgan fingerprint density at radius 2 is 2.24 bits per heavy atom. The molecule has 0 fully saturated rings. The summed E-state index contributed by atoms with van der Waals surface area (Å²) in [6.45, 7) is 0. The fourth-order valence-electron chi connectivity index (χ4n) is 1.30. The Hall–Kier alpha value is -0.900. The van der Waals surface area contributed by atoms with E-state index < -0.39 is 6.01 Å². The van der Waals surface area contributed by atoms with Crippen molar-refractivity contribution >= 4 is 34.4 Å². The van der Waals surface area contributed by atoms with Crippen LogP contribution in [0.4, 0.5) is 4.39 Å². The van der Waals surface area contributed by atoms with Crippen LogP contribution >= 0.6 is 34.4 Å². The van der Waals surface area contributed by atoms with E-state index in [1.807, 2.05) is 0 Å². The third-order valence-corrected chi connectivity index (χ3v) is 4.36. The van der Waals surface area contributed by atoms with Crippen LogP contribution in [0.1, 0.15) is 0 Å². The first kappa shape index (κ1) is 12.6. The molecular weight excluding hydrogens is 358 g/mol. The predicted octanol–water partition coefficient (Wildman–Crippen LogP) is 1.59. The van der Waals surface area contributed by atoms with Crippen molar-refractivity contribution in [1.82, 2.24) is 19.8 Å². The second-order valence-electron chi connectivity index (χ2n) is 3.14. The van der Waals surface area contributed by atoms with Gasteiger partial charge in [-0.15, -0.1) is 0 Å². The van der Waals surface area contributed by atoms with Gasteiger partial charge in [-0.2, -0.15) is 9.36 Å². The molecule has 0 saturated heterocycles. The number of halogens is 2. The van der Waals surface area contributed by atoms with E-state index >= 15 is 0 Å². The lowest BCUT2D eigenvalue weighted by molar-refractivity contribution is 0.605. The highest BCUT2D eigenvalue weighted by Gasteiger charge is 2.12. The number of alkyl halides is 1. The number of hydrogen-bond acceptors (Lipinski definition) is 4. The number of benzene rings is 1. The summed E-state index contributed by atoms with van der Waals surface area (Å²) < 4.78 is 15.5. The second-order valence-corrected chi connectivity index (χ2v) is 5.17. The molecule has 0 bridgehead atoms. The molecule has 0 N–H and O–H groups in total. The third kappa shape index (κ3) is 2.37. The van der Waals surface area contributed by atoms with Crippen LogP contribution in [0.5, 0.6) is 0 Å². The summed E-state index contributed by atoms with van der Waals surface area (Å²) in [7, 11) is 1.53. The summed E-state index contributed by atoms with van der Waals surface area (Å²) in [6.07, 6.45) is 0. The van der Waals surface area contributed by atoms with Gasteiger partial charge in [0.1, 0.15) is 6.01 Å². The van der Waals surface area contributed by atoms with E-state index in [0.29, 0.717) is 5.69 Å². The number of hydrogen-bond donors (Lipinski definition) is 0. The highest BCUT2D eigenvalue weighted by atomic mass is 127. The van der Waals surface area contributed by atoms with Crippen LogP contribution in [-0.2, 0) is 7.05 Å². The minimum Gasteiger partial charge on any atom is -0.244 e. The zero-order valence-corrected chi connectivity index (χ0v) is 11.8. The van der Waals surface area contributed by atoms with Crippen molar-refractivity contribution in [3.8, 4) is 5.69 Å². The topological polar surface area (TPSA) is 52.7 Å². The lowest BCUT2D eigenvalue weighted by Crippen LogP contribution is -2.22. The largest absolute Gasteiger partial charge is 0.368 e. The minimum absolute atomic E-state index is 0.328. The van der Waals surface area contributed by atoms with Gasteiger partial charge in [0.2, 0.25) is 0 Å². The molecule has 0 unspecified atom stereocenters. The first-order valence-corrected chi connectivity index (χ1v) is 6.68. The molecule has 1 aromatic carbocycles. The van der Waals surface area contributed by atoms with Gasteiger partial charge >= 0.3 is 5.69 Å². The van der Waals surface area contributed by atoms with Crippen molar-refractivity contribution in [2.24, 2.45) is 7.05 Å². The van der Waals surface area contributed by atoms with Gasteiger partial charge in [-0.25, -0.2) is 9.18 Å². The molecule has 1 heterocycles. The van der Waals surface area contributed by atoms with Crippen LogP contribution in [0.3, 0.4) is 0 Å². The monoisotopic (exact) mass is 366 g/mol. The zero-order chi connectivity index (χ0) is 12.4. The Morgan fingerprint density at radius 3 is 2.82 bits per heavy atom. The molecule has 5 nitrogen and oxygen atoms in total. The summed E-state index contributed by atoms with van der Waals surface area (Å²) >= 11 is 3.15. The van der Waals surface area contributed by atoms with Gasteiger partial charge in [0.25, 0.3) is 0 Å². The third-order valence-electron chi connectivity index (χ3n) is 2.10. The maximum Gasteiger partial charge on any atom is 0.368 e. The molecule has 0 spiro atoms. The van der Waals surface area contributed by atoms with E-state index in [0.717, 1.165) is 24.9 Å². The summed E-state index contributed by atoms with van der Waals surface area (Å²) in [5.74, 6) is 0. The van der Waals surface area contributed by atoms with Gasteiger partial charge in [-0.05, 0) is 45.2 Å². The van der Waals surface area contributed by atoms with Crippen LogP contribution < -0.4 is 5.69 Å². The Morgan fingerprint density at radius 1 is 1.47 bits per heavy atom. The molecule has 0 aliphatic carbocycles. The van der Waals surface area contributed by atoms with Gasteiger partial charge in [-0.3, -0.25) is 0 Å². The summed E-state index contributed by atoms with van der Waals surface area (Å²) in [5.41, 5.74) is 0.285. The first-order chi connectivity index (χ1) is 8.15. The lowest BCUT2D eigenvalue weighted by Gasteiger charge is -2.06. The van der Waals surface area contributed by atoms with Gasteiger partial charge in [-0.1, -0.05) is 17.8 Å². The van der Waals surface area contributed by atoms with Crippen LogP contribution in [0.15, 0.2) is 27.9 Å². The Bertz CT molecular complexity index is 597. The average Bonchev–Trinajstić information content (AvgIpc) is 2.64. The van der Waals surface area contributed by atoms with E-state index in [1.54, 1.807) is 18.2 Å². The van der Waals surface area contributed by atoms with Crippen molar-refractivity contribution in [3.05, 3.63) is 32.3 Å². The molecule has 0 atom stereocenters. The molecule has 2 rings (SSSR count). The summed E-state index contributed by atoms with van der Waals surface area (Å²) in [6, 6.07) is 4.81. The number of rotatable bonds is 3. The molecule has 0 amide bonds. The maximum atomic E-state index is 12.3. The van der Waals surface area contributed by atoms with Crippen molar-refractivity contribution in [2.45, 2.75) is 4.90 Å². The highest BCUT2D eigenvalue weighted by molar-refractivity contribution is 14.1. The van der Waals surface area contributed by atoms with Gasteiger partial charge in [0.05, 0.1) is 9.26 Å². The zero-order valence-electron chi connectivity index (χ0n) is 8.80. The predicted molar refractivity (Wildman–Crippen MR) is 71.1 cm³/mol. The minimum atomic E-state index is -0.505. The summed E-state index contributed by atoms with van der Waals surface area (Å²) in [5, 5.41) is 7.40. The van der Waals surface area contributed by atoms with Gasteiger partial charge in [0.15, 0.2) is 0 Å². The molecule has 90 valence electrons. The lowest BCUT2D eigenvalue weighted by atomic mass is 10.3. The number of tetrazole rings is 1. The molecular formula is C9H8FIN4OS. The SMILES string of the molecule is Cn1nnn(-c2cccc(SCF)c2I)c1=O. The molecule has 0 aliphatic heterocycles. The van der Waals surface area contributed by atoms with Crippen molar-refractivity contribution < 1.29 is 4.39 Å². The van der Waals surface area contributed by atoms with Crippen LogP contribution in [0.25, 0.3) is 5.69 Å². The summed E-state index contributed by atoms with van der Waals surface area (Å²) in [4.78, 5) is 12.5. The Labute approximate surface area is 114 Å². The number of aryl methyl sites for hydroxylation is 1. The van der Waals surface area contributed by atoms with Crippen molar-refractivity contribution in [1.29, 1.82) is 0 Å². The fraction of sp³-hybridized carbons (Fsp3) is 0.222. The maximum absolute atomic E-state index is 12.3. The van der Waals surface area contributed by atoms with E-state index in [2.05, 4.69) is 33.0 Å². The number of aromatic nitrogens is 4. The molecule has 2 aromatic rings. The van der Waals surface area contributed by atoms with E-state index in [-0.39, 0.29) is 5.69 Å². The Kier molecular flexibility index (Phi) is 3.82. The molecule has 0 aliphatic rings. The standard InChI is InChI=1S/C9H8FIN4OS/c1-14-9(16)15(13-12-14)6-3-2-4-7(8(6)11)17-5-10/h2-4H,5H2,1H3. The van der Waals surface area contributed by atoms with Crippen LogP contribution in [-0.4, -0.2) is 25.8 Å². The van der Waals surface area contributed by atoms with Gasteiger partial charge < -0.3 is 0 Å². The number of nitrogens with zero attached hydrogens (tertiary/aromatic N) is 4. The normalized spacial score (nSPS) is 10.8. The molecule has 1 aromatic heterocycles. The molecule has 8 heteroatoms. The first-order valence-electron chi connectivity index (χ1n) is 4.62. The average molecular weight is 366 g/mol. The smallest absolute Gasteiger partial charge is 0.244 e. The van der Waals surface area contributed by atoms with Crippen molar-refractivity contribution in [2.75, 3.05) is 6.01 Å². The van der Waals surface area contributed by atoms with E-state index in [4.69, 9.17) is 0 Å². The fourth-order valence-corrected chi connectivity index (χ4v) is 2.88. The van der Waals surface area contributed by atoms with E-state index in [9.17, 15) is 9.18 Å². The number of thioether (sulfide) groups is 1. The molecule has 17 heavy (non-hydrogen) atoms. The Balaban J connectivity index is 2.56.